The van der Waals surface area contributed by atoms with Gasteiger partial charge in [-0.15, -0.1) is 0 Å². The molecule has 1 saturated heterocycles. The average molecular weight is 535 g/mol. The van der Waals surface area contributed by atoms with Crippen molar-refractivity contribution in [3.8, 4) is 11.3 Å². The fraction of sp³-hybridized carbons (Fsp3) is 0.200. The third-order valence-corrected chi connectivity index (χ3v) is 6.10. The molecule has 0 amide bonds. The van der Waals surface area contributed by atoms with Crippen molar-refractivity contribution < 1.29 is 14.1 Å². The summed E-state index contributed by atoms with van der Waals surface area (Å²) in [7, 11) is 0. The number of nitrogens with zero attached hydrogens (tertiary/aromatic N) is 6. The number of ether oxygens (including phenoxy) is 1. The maximum atomic E-state index is 10.9. The molecule has 0 atom stereocenters. The van der Waals surface area contributed by atoms with Crippen molar-refractivity contribution >= 4 is 47.0 Å². The Morgan fingerprint density at radius 2 is 1.82 bits per heavy atom. The molecule has 0 spiro atoms. The average Bonchev–Trinajstić information content (AvgIpc) is 3.40. The standard InChI is InChI=1S/C25H23ClN8O4/c1-16-2-5-18(14-21(16)26)28-23-29-24(31-25(30-23)33-10-12-37-13-11-33)32-27-15-20-8-9-22(38-20)17-3-6-19(7-4-17)34(35)36/h2-9,14-15H,10-13H2,1H3,(H2,28,29,30,31,32)/b27-15+. The lowest BCUT2D eigenvalue weighted by Gasteiger charge is -2.27. The number of non-ortho nitro benzene ring substituents is 1. The highest BCUT2D eigenvalue weighted by molar-refractivity contribution is 6.31. The van der Waals surface area contributed by atoms with Crippen molar-refractivity contribution in [2.75, 3.05) is 41.9 Å². The molecule has 2 aromatic carbocycles. The zero-order valence-corrected chi connectivity index (χ0v) is 21.1. The number of halogens is 1. The maximum absolute atomic E-state index is 10.9. The van der Waals surface area contributed by atoms with Crippen LogP contribution in [0.1, 0.15) is 11.3 Å². The van der Waals surface area contributed by atoms with Gasteiger partial charge in [0.15, 0.2) is 0 Å². The number of nitro groups is 1. The first-order valence-corrected chi connectivity index (χ1v) is 12.1. The van der Waals surface area contributed by atoms with Crippen LogP contribution in [-0.4, -0.2) is 52.4 Å². The molecule has 4 aromatic rings. The molecular weight excluding hydrogens is 512 g/mol. The van der Waals surface area contributed by atoms with Gasteiger partial charge in [0.1, 0.15) is 11.5 Å². The van der Waals surface area contributed by atoms with Gasteiger partial charge in [-0.1, -0.05) is 17.7 Å². The van der Waals surface area contributed by atoms with Crippen LogP contribution in [0.25, 0.3) is 11.3 Å². The molecule has 12 nitrogen and oxygen atoms in total. The summed E-state index contributed by atoms with van der Waals surface area (Å²) in [4.78, 5) is 25.9. The lowest BCUT2D eigenvalue weighted by Crippen LogP contribution is -2.37. The highest BCUT2D eigenvalue weighted by Crippen LogP contribution is 2.25. The van der Waals surface area contributed by atoms with E-state index in [0.29, 0.717) is 60.3 Å². The summed E-state index contributed by atoms with van der Waals surface area (Å²) in [5, 5.41) is 18.9. The SMILES string of the molecule is Cc1ccc(Nc2nc(N/N=C/c3ccc(-c4ccc([N+](=O)[O-])cc4)o3)nc(N3CCOCC3)n2)cc1Cl. The minimum atomic E-state index is -0.446. The molecule has 0 aliphatic carbocycles. The summed E-state index contributed by atoms with van der Waals surface area (Å²) in [6, 6.07) is 15.2. The normalized spacial score (nSPS) is 13.6. The molecule has 1 aliphatic heterocycles. The molecule has 13 heteroatoms. The Kier molecular flexibility index (Phi) is 7.43. The van der Waals surface area contributed by atoms with E-state index in [1.165, 1.54) is 18.3 Å². The lowest BCUT2D eigenvalue weighted by atomic mass is 10.1. The van der Waals surface area contributed by atoms with Gasteiger partial charge in [0, 0.05) is 41.5 Å². The van der Waals surface area contributed by atoms with Crippen molar-refractivity contribution in [2.24, 2.45) is 5.10 Å². The van der Waals surface area contributed by atoms with E-state index in [1.54, 1.807) is 30.3 Å². The number of aromatic nitrogens is 3. The Labute approximate surface area is 222 Å². The molecule has 3 heterocycles. The van der Waals surface area contributed by atoms with Crippen molar-refractivity contribution in [3.05, 3.63) is 81.1 Å². The Morgan fingerprint density at radius 1 is 1.05 bits per heavy atom. The van der Waals surface area contributed by atoms with Gasteiger partial charge in [-0.2, -0.15) is 20.1 Å². The number of hydrogen-bond donors (Lipinski definition) is 2. The molecule has 0 saturated carbocycles. The van der Waals surface area contributed by atoms with Crippen LogP contribution < -0.4 is 15.6 Å². The number of nitro benzene ring substituents is 1. The van der Waals surface area contributed by atoms with Crippen LogP contribution in [0.15, 0.2) is 64.1 Å². The second-order valence-electron chi connectivity index (χ2n) is 8.35. The van der Waals surface area contributed by atoms with E-state index < -0.39 is 4.92 Å². The van der Waals surface area contributed by atoms with Crippen LogP contribution in [-0.2, 0) is 4.74 Å². The number of hydrogen-bond acceptors (Lipinski definition) is 11. The van der Waals surface area contributed by atoms with Gasteiger partial charge >= 0.3 is 0 Å². The van der Waals surface area contributed by atoms with Crippen molar-refractivity contribution in [1.29, 1.82) is 0 Å². The molecule has 1 aliphatic rings. The summed E-state index contributed by atoms with van der Waals surface area (Å²) in [6.45, 7) is 4.40. The van der Waals surface area contributed by atoms with Crippen molar-refractivity contribution in [3.63, 3.8) is 0 Å². The minimum Gasteiger partial charge on any atom is -0.455 e. The Morgan fingerprint density at radius 3 is 2.55 bits per heavy atom. The van der Waals surface area contributed by atoms with Gasteiger partial charge in [0.2, 0.25) is 17.8 Å². The highest BCUT2D eigenvalue weighted by Gasteiger charge is 2.17. The van der Waals surface area contributed by atoms with E-state index in [0.717, 1.165) is 11.3 Å². The van der Waals surface area contributed by atoms with Crippen LogP contribution in [0.5, 0.6) is 0 Å². The third-order valence-electron chi connectivity index (χ3n) is 5.69. The lowest BCUT2D eigenvalue weighted by molar-refractivity contribution is -0.384. The van der Waals surface area contributed by atoms with Crippen LogP contribution in [0.3, 0.4) is 0 Å². The summed E-state index contributed by atoms with van der Waals surface area (Å²) in [6.07, 6.45) is 1.49. The Bertz CT molecular complexity index is 1470. The van der Waals surface area contributed by atoms with Gasteiger partial charge in [0.25, 0.3) is 5.69 Å². The van der Waals surface area contributed by atoms with Crippen LogP contribution >= 0.6 is 11.6 Å². The Balaban J connectivity index is 1.33. The minimum absolute atomic E-state index is 0.0134. The number of benzene rings is 2. The van der Waals surface area contributed by atoms with Crippen molar-refractivity contribution in [2.45, 2.75) is 6.92 Å². The molecule has 2 N–H and O–H groups in total. The first-order valence-electron chi connectivity index (χ1n) is 11.7. The summed E-state index contributed by atoms with van der Waals surface area (Å²) >= 11 is 6.27. The predicted molar refractivity (Wildman–Crippen MR) is 144 cm³/mol. The van der Waals surface area contributed by atoms with Crippen molar-refractivity contribution in [1.82, 2.24) is 15.0 Å². The van der Waals surface area contributed by atoms with Gasteiger partial charge in [-0.05, 0) is 48.9 Å². The smallest absolute Gasteiger partial charge is 0.269 e. The van der Waals surface area contributed by atoms with Crippen LogP contribution in [0, 0.1) is 17.0 Å². The second-order valence-corrected chi connectivity index (χ2v) is 8.75. The fourth-order valence-electron chi connectivity index (χ4n) is 3.65. The number of morpholine rings is 1. The monoisotopic (exact) mass is 534 g/mol. The largest absolute Gasteiger partial charge is 0.455 e. The number of hydrazone groups is 1. The number of aryl methyl sites for hydroxylation is 1. The molecule has 2 aromatic heterocycles. The van der Waals surface area contributed by atoms with E-state index >= 15 is 0 Å². The second kappa shape index (κ2) is 11.2. The Hall–Kier alpha value is -4.55. The number of rotatable bonds is 8. The van der Waals surface area contributed by atoms with Crippen LogP contribution in [0.4, 0.5) is 29.2 Å². The molecule has 5 rings (SSSR count). The van der Waals surface area contributed by atoms with E-state index in [-0.39, 0.29) is 11.6 Å². The zero-order chi connectivity index (χ0) is 26.5. The fourth-order valence-corrected chi connectivity index (χ4v) is 3.83. The molecule has 0 radical (unpaired) electrons. The molecule has 194 valence electrons. The first-order chi connectivity index (χ1) is 18.4. The topological polar surface area (TPSA) is 144 Å². The van der Waals surface area contributed by atoms with Gasteiger partial charge in [-0.25, -0.2) is 5.43 Å². The van der Waals surface area contributed by atoms with E-state index in [4.69, 9.17) is 20.8 Å². The molecule has 1 fully saturated rings. The maximum Gasteiger partial charge on any atom is 0.269 e. The predicted octanol–water partition coefficient (Wildman–Crippen LogP) is 5.03. The molecular formula is C25H23ClN8O4. The highest BCUT2D eigenvalue weighted by atomic mass is 35.5. The molecule has 0 bridgehead atoms. The van der Waals surface area contributed by atoms with E-state index in [1.807, 2.05) is 24.0 Å². The number of nitrogens with one attached hydrogen (secondary N) is 2. The van der Waals surface area contributed by atoms with Gasteiger partial charge in [-0.3, -0.25) is 10.1 Å². The number of furan rings is 1. The van der Waals surface area contributed by atoms with Crippen LogP contribution in [0.2, 0.25) is 5.02 Å². The summed E-state index contributed by atoms with van der Waals surface area (Å²) < 4.78 is 11.2. The molecule has 0 unspecified atom stereocenters. The van der Waals surface area contributed by atoms with E-state index in [9.17, 15) is 10.1 Å². The number of anilines is 4. The third kappa shape index (κ3) is 6.05. The van der Waals surface area contributed by atoms with Gasteiger partial charge < -0.3 is 19.4 Å². The first kappa shape index (κ1) is 25.1. The molecule has 38 heavy (non-hydrogen) atoms. The quantitative estimate of drug-likeness (QED) is 0.179. The van der Waals surface area contributed by atoms with E-state index in [2.05, 4.69) is 30.8 Å². The summed E-state index contributed by atoms with van der Waals surface area (Å²) in [5.41, 5.74) is 5.27. The zero-order valence-electron chi connectivity index (χ0n) is 20.3. The summed E-state index contributed by atoms with van der Waals surface area (Å²) in [5.74, 6) is 2.08. The van der Waals surface area contributed by atoms with Gasteiger partial charge in [0.05, 0.1) is 24.4 Å².